The van der Waals surface area contributed by atoms with Crippen molar-refractivity contribution in [3.8, 4) is 11.3 Å². The molecule has 2 aliphatic heterocycles. The van der Waals surface area contributed by atoms with E-state index in [1.54, 1.807) is 0 Å². The topological polar surface area (TPSA) is 84.1 Å². The minimum atomic E-state index is -0.176. The fourth-order valence-electron chi connectivity index (χ4n) is 5.52. The Labute approximate surface area is 217 Å². The summed E-state index contributed by atoms with van der Waals surface area (Å²) in [4.78, 5) is 27.9. The van der Waals surface area contributed by atoms with Crippen LogP contribution in [0.5, 0.6) is 0 Å². The molecule has 5 heterocycles. The number of hydrogen-bond donors (Lipinski definition) is 1. The van der Waals surface area contributed by atoms with E-state index in [4.69, 9.17) is 9.97 Å². The van der Waals surface area contributed by atoms with E-state index < -0.39 is 0 Å². The summed E-state index contributed by atoms with van der Waals surface area (Å²) in [5.74, 6) is 0.427. The smallest absolute Gasteiger partial charge is 0.258 e. The van der Waals surface area contributed by atoms with Crippen LogP contribution in [-0.2, 0) is 20.0 Å². The third-order valence-electron chi connectivity index (χ3n) is 7.67. The average Bonchev–Trinajstić information content (AvgIpc) is 3.42. The molecule has 37 heavy (non-hydrogen) atoms. The SMILES string of the molecule is Cc1cc2cc(n1)-c1cnn(C)c1CCCCCn1c(nc3ccc(N4CCN(C)CC4)cc31)NC2=O. The number of pyridine rings is 1. The minimum absolute atomic E-state index is 0.176. The Kier molecular flexibility index (Phi) is 6.16. The van der Waals surface area contributed by atoms with E-state index >= 15 is 0 Å². The Morgan fingerprint density at radius 3 is 2.59 bits per heavy atom. The van der Waals surface area contributed by atoms with Gasteiger partial charge in [-0.15, -0.1) is 0 Å². The van der Waals surface area contributed by atoms with Gasteiger partial charge in [-0.2, -0.15) is 5.10 Å². The molecule has 0 saturated carbocycles. The van der Waals surface area contributed by atoms with Gasteiger partial charge in [-0.3, -0.25) is 19.8 Å². The zero-order valence-corrected chi connectivity index (χ0v) is 21.9. The van der Waals surface area contributed by atoms with Crippen molar-refractivity contribution in [2.24, 2.45) is 7.05 Å². The van der Waals surface area contributed by atoms with Gasteiger partial charge in [-0.05, 0) is 63.6 Å². The zero-order chi connectivity index (χ0) is 25.5. The Morgan fingerprint density at radius 2 is 1.76 bits per heavy atom. The number of benzene rings is 1. The number of hydrogen-bond acceptors (Lipinski definition) is 6. The van der Waals surface area contributed by atoms with Crippen LogP contribution in [0.1, 0.15) is 41.0 Å². The van der Waals surface area contributed by atoms with E-state index in [1.165, 1.54) is 5.69 Å². The molecular formula is C28H34N8O. The molecule has 6 rings (SSSR count). The molecule has 0 aliphatic carbocycles. The molecule has 1 amide bonds. The molecule has 0 unspecified atom stereocenters. The first-order valence-electron chi connectivity index (χ1n) is 13.2. The van der Waals surface area contributed by atoms with Crippen molar-refractivity contribution in [2.75, 3.05) is 43.4 Å². The molecule has 3 aromatic heterocycles. The van der Waals surface area contributed by atoms with Gasteiger partial charge in [0.05, 0.1) is 22.9 Å². The number of nitrogens with one attached hydrogen (secondary N) is 1. The van der Waals surface area contributed by atoms with E-state index in [9.17, 15) is 4.79 Å². The summed E-state index contributed by atoms with van der Waals surface area (Å²) in [6, 6.07) is 10.2. The molecule has 1 N–H and O–H groups in total. The second-order valence-electron chi connectivity index (χ2n) is 10.3. The van der Waals surface area contributed by atoms with Crippen LogP contribution in [0.25, 0.3) is 22.3 Å². The molecule has 192 valence electrons. The van der Waals surface area contributed by atoms with Crippen molar-refractivity contribution >= 4 is 28.6 Å². The van der Waals surface area contributed by atoms with Crippen LogP contribution in [0, 0.1) is 6.92 Å². The molecule has 0 radical (unpaired) electrons. The van der Waals surface area contributed by atoms with E-state index in [1.807, 2.05) is 37.0 Å². The van der Waals surface area contributed by atoms with Crippen molar-refractivity contribution in [3.05, 3.63) is 53.5 Å². The lowest BCUT2D eigenvalue weighted by Crippen LogP contribution is -2.44. The number of imidazole rings is 1. The summed E-state index contributed by atoms with van der Waals surface area (Å²) < 4.78 is 4.12. The summed E-state index contributed by atoms with van der Waals surface area (Å²) in [6.07, 6.45) is 5.92. The number of aryl methyl sites for hydroxylation is 3. The fourth-order valence-corrected chi connectivity index (χ4v) is 5.52. The molecule has 2 aliphatic rings. The maximum atomic E-state index is 13.5. The molecule has 1 aromatic carbocycles. The van der Waals surface area contributed by atoms with E-state index in [-0.39, 0.29) is 5.91 Å². The predicted octanol–water partition coefficient (Wildman–Crippen LogP) is 3.87. The van der Waals surface area contributed by atoms with Crippen molar-refractivity contribution < 1.29 is 4.79 Å². The number of rotatable bonds is 1. The minimum Gasteiger partial charge on any atom is -0.369 e. The average molecular weight is 499 g/mol. The predicted molar refractivity (Wildman–Crippen MR) is 146 cm³/mol. The number of aromatic nitrogens is 5. The number of fused-ring (bicyclic) bond motifs is 7. The maximum absolute atomic E-state index is 13.5. The molecule has 9 nitrogen and oxygen atoms in total. The van der Waals surface area contributed by atoms with Gasteiger partial charge in [-0.1, -0.05) is 6.42 Å². The summed E-state index contributed by atoms with van der Waals surface area (Å²) in [6.45, 7) is 6.87. The van der Waals surface area contributed by atoms with Gasteiger partial charge >= 0.3 is 0 Å². The lowest BCUT2D eigenvalue weighted by molar-refractivity contribution is 0.102. The standard InChI is InChI=1S/C28H34N8O/c1-19-15-20-16-24(30-19)22-18-29-34(3)25(22)7-5-4-6-10-36-26-17-21(35-13-11-33(2)12-14-35)8-9-23(26)31-28(36)32-27(20)37/h8-9,15-18H,4-7,10-14H2,1-3H3,(H,31,32,37). The zero-order valence-electron chi connectivity index (χ0n) is 21.9. The van der Waals surface area contributed by atoms with E-state index in [2.05, 4.69) is 50.0 Å². The van der Waals surface area contributed by atoms with Crippen molar-refractivity contribution in [3.63, 3.8) is 0 Å². The molecule has 1 fully saturated rings. The number of piperazine rings is 1. The highest BCUT2D eigenvalue weighted by molar-refractivity contribution is 6.05. The Balaban J connectivity index is 1.39. The monoisotopic (exact) mass is 498 g/mol. The third kappa shape index (κ3) is 4.59. The molecule has 2 bridgehead atoms. The Morgan fingerprint density at radius 1 is 0.919 bits per heavy atom. The lowest BCUT2D eigenvalue weighted by atomic mass is 10.0. The van der Waals surface area contributed by atoms with Gasteiger partial charge < -0.3 is 14.4 Å². The van der Waals surface area contributed by atoms with Crippen LogP contribution in [-0.4, -0.2) is 68.3 Å². The fraction of sp³-hybridized carbons (Fsp3) is 0.429. The second-order valence-corrected chi connectivity index (χ2v) is 10.3. The van der Waals surface area contributed by atoms with Crippen LogP contribution in [0.4, 0.5) is 11.6 Å². The number of carbonyl (C=O) groups excluding carboxylic acids is 1. The number of nitrogens with zero attached hydrogens (tertiary/aromatic N) is 7. The van der Waals surface area contributed by atoms with E-state index in [0.29, 0.717) is 11.5 Å². The third-order valence-corrected chi connectivity index (χ3v) is 7.67. The Bertz CT molecular complexity index is 1460. The van der Waals surface area contributed by atoms with Gasteiger partial charge in [0.15, 0.2) is 0 Å². The van der Waals surface area contributed by atoms with Gasteiger partial charge in [0.25, 0.3) is 5.91 Å². The molecular weight excluding hydrogens is 464 g/mol. The van der Waals surface area contributed by atoms with Gasteiger partial charge in [0.1, 0.15) is 0 Å². The molecule has 4 aromatic rings. The number of anilines is 2. The second kappa shape index (κ2) is 9.63. The van der Waals surface area contributed by atoms with Crippen LogP contribution < -0.4 is 10.2 Å². The van der Waals surface area contributed by atoms with Crippen molar-refractivity contribution in [2.45, 2.75) is 39.2 Å². The Hall–Kier alpha value is -3.72. The van der Waals surface area contributed by atoms with Crippen LogP contribution in [0.2, 0.25) is 0 Å². The molecule has 1 saturated heterocycles. The maximum Gasteiger partial charge on any atom is 0.258 e. The van der Waals surface area contributed by atoms with Crippen molar-refractivity contribution in [1.82, 2.24) is 29.2 Å². The largest absolute Gasteiger partial charge is 0.369 e. The summed E-state index contributed by atoms with van der Waals surface area (Å²) in [5, 5.41) is 7.61. The first kappa shape index (κ1) is 23.7. The molecule has 0 atom stereocenters. The lowest BCUT2D eigenvalue weighted by Gasteiger charge is -2.34. The number of carbonyl (C=O) groups is 1. The highest BCUT2D eigenvalue weighted by Gasteiger charge is 2.20. The summed E-state index contributed by atoms with van der Waals surface area (Å²) >= 11 is 0. The first-order valence-corrected chi connectivity index (χ1v) is 13.2. The van der Waals surface area contributed by atoms with Crippen LogP contribution in [0.3, 0.4) is 0 Å². The summed E-state index contributed by atoms with van der Waals surface area (Å²) in [5.41, 5.74) is 7.51. The molecule has 9 heteroatoms. The highest BCUT2D eigenvalue weighted by Crippen LogP contribution is 2.29. The van der Waals surface area contributed by atoms with Gasteiger partial charge in [0, 0.05) is 68.0 Å². The normalized spacial score (nSPS) is 17.3. The first-order chi connectivity index (χ1) is 18.0. The highest BCUT2D eigenvalue weighted by atomic mass is 16.1. The van der Waals surface area contributed by atoms with E-state index in [0.717, 1.165) is 92.1 Å². The van der Waals surface area contributed by atoms with Gasteiger partial charge in [0.2, 0.25) is 5.95 Å². The number of amides is 1. The number of likely N-dealkylation sites (N-methyl/N-ethyl adjacent to an activating group) is 1. The quantitative estimate of drug-likeness (QED) is 0.429. The van der Waals surface area contributed by atoms with Gasteiger partial charge in [-0.25, -0.2) is 4.98 Å². The molecule has 0 spiro atoms. The summed E-state index contributed by atoms with van der Waals surface area (Å²) in [7, 11) is 4.15. The van der Waals surface area contributed by atoms with Crippen molar-refractivity contribution in [1.29, 1.82) is 0 Å². The van der Waals surface area contributed by atoms with Crippen LogP contribution in [0.15, 0.2) is 36.5 Å². The van der Waals surface area contributed by atoms with Crippen LogP contribution >= 0.6 is 0 Å².